The van der Waals surface area contributed by atoms with Crippen LogP contribution in [0.3, 0.4) is 0 Å². The van der Waals surface area contributed by atoms with E-state index in [0.29, 0.717) is 4.47 Å². The minimum Gasteiger partial charge on any atom is -0.496 e. The van der Waals surface area contributed by atoms with Crippen LogP contribution >= 0.6 is 15.9 Å². The summed E-state index contributed by atoms with van der Waals surface area (Å²) in [7, 11) is 2.54. The van der Waals surface area contributed by atoms with Crippen molar-refractivity contribution in [3.63, 3.8) is 0 Å². The van der Waals surface area contributed by atoms with Crippen LogP contribution in [0.4, 0.5) is 17.6 Å². The third-order valence-electron chi connectivity index (χ3n) is 2.54. The summed E-state index contributed by atoms with van der Waals surface area (Å²) in [6.07, 6.45) is -3.87. The van der Waals surface area contributed by atoms with Gasteiger partial charge in [-0.15, -0.1) is 0 Å². The first kappa shape index (κ1) is 16.0. The molecule has 0 saturated carbocycles. The fourth-order valence-corrected chi connectivity index (χ4v) is 1.95. The summed E-state index contributed by atoms with van der Waals surface area (Å²) in [5, 5.41) is 0. The fraction of sp³-hybridized carbons (Fsp3) is 0.455. The largest absolute Gasteiger partial charge is 0.496 e. The maximum atomic E-state index is 13.3. The van der Waals surface area contributed by atoms with Gasteiger partial charge in [0.05, 0.1) is 18.7 Å². The van der Waals surface area contributed by atoms with Gasteiger partial charge in [0.15, 0.2) is 0 Å². The van der Waals surface area contributed by atoms with Crippen molar-refractivity contribution in [3.05, 3.63) is 22.2 Å². The summed E-state index contributed by atoms with van der Waals surface area (Å²) in [5.41, 5.74) is 4.99. The van der Waals surface area contributed by atoms with Crippen molar-refractivity contribution in [2.24, 2.45) is 5.73 Å². The number of methoxy groups -OCH3 is 2. The van der Waals surface area contributed by atoms with Crippen LogP contribution in [0.15, 0.2) is 16.6 Å². The molecule has 2 N–H and O–H groups in total. The maximum absolute atomic E-state index is 13.3. The first-order valence-electron chi connectivity index (χ1n) is 5.08. The molecule has 1 aromatic carbocycles. The maximum Gasteiger partial charge on any atom is 0.326 e. The Morgan fingerprint density at radius 2 is 1.68 bits per heavy atom. The summed E-state index contributed by atoms with van der Waals surface area (Å²) < 4.78 is 61.5. The van der Waals surface area contributed by atoms with Gasteiger partial charge in [-0.3, -0.25) is 0 Å². The Morgan fingerprint density at radius 1 is 1.16 bits per heavy atom. The number of benzene rings is 1. The minimum absolute atomic E-state index is 0.0273. The lowest BCUT2D eigenvalue weighted by atomic mass is 10.00. The molecule has 0 radical (unpaired) electrons. The van der Waals surface area contributed by atoms with Crippen LogP contribution in [0, 0.1) is 0 Å². The molecule has 0 aliphatic rings. The average Bonchev–Trinajstić information content (AvgIpc) is 2.37. The van der Waals surface area contributed by atoms with E-state index >= 15 is 0 Å². The Morgan fingerprint density at radius 3 is 2.11 bits per heavy atom. The second-order valence-electron chi connectivity index (χ2n) is 3.68. The van der Waals surface area contributed by atoms with Gasteiger partial charge in [0.25, 0.3) is 0 Å². The number of rotatable bonds is 5. The normalized spacial score (nSPS) is 13.5. The van der Waals surface area contributed by atoms with E-state index in [1.54, 1.807) is 0 Å². The molecule has 1 unspecified atom stereocenters. The van der Waals surface area contributed by atoms with Crippen molar-refractivity contribution in [2.75, 3.05) is 14.2 Å². The van der Waals surface area contributed by atoms with E-state index in [1.807, 2.05) is 0 Å². The van der Waals surface area contributed by atoms with Crippen molar-refractivity contribution in [3.8, 4) is 11.5 Å². The summed E-state index contributed by atoms with van der Waals surface area (Å²) >= 11 is 3.13. The zero-order valence-corrected chi connectivity index (χ0v) is 11.7. The molecule has 19 heavy (non-hydrogen) atoms. The second kappa shape index (κ2) is 5.96. The van der Waals surface area contributed by atoms with E-state index < -0.39 is 18.4 Å². The molecule has 0 aromatic heterocycles. The van der Waals surface area contributed by atoms with Crippen molar-refractivity contribution in [1.29, 1.82) is 0 Å². The predicted octanol–water partition coefficient (Wildman–Crippen LogP) is 3.37. The fourth-order valence-electron chi connectivity index (χ4n) is 1.47. The van der Waals surface area contributed by atoms with E-state index in [1.165, 1.54) is 20.3 Å². The van der Waals surface area contributed by atoms with Gasteiger partial charge in [0.1, 0.15) is 17.5 Å². The molecule has 8 heteroatoms. The van der Waals surface area contributed by atoms with Gasteiger partial charge in [-0.2, -0.15) is 8.78 Å². The SMILES string of the molecule is COc1cc(C(N)C(F)(F)C(F)F)c(OC)cc1Br. The van der Waals surface area contributed by atoms with Crippen LogP contribution in [0.25, 0.3) is 0 Å². The zero-order chi connectivity index (χ0) is 14.8. The molecule has 1 atom stereocenters. The van der Waals surface area contributed by atoms with Gasteiger partial charge >= 0.3 is 12.3 Å². The molecule has 108 valence electrons. The Labute approximate surface area is 115 Å². The molecular weight excluding hydrogens is 334 g/mol. The number of alkyl halides is 4. The van der Waals surface area contributed by atoms with Crippen molar-refractivity contribution in [2.45, 2.75) is 18.4 Å². The highest BCUT2D eigenvalue weighted by Crippen LogP contribution is 2.42. The van der Waals surface area contributed by atoms with Gasteiger partial charge < -0.3 is 15.2 Å². The zero-order valence-electron chi connectivity index (χ0n) is 10.1. The third-order valence-corrected chi connectivity index (χ3v) is 3.16. The number of ether oxygens (including phenoxy) is 2. The summed E-state index contributed by atoms with van der Waals surface area (Å²) in [5.74, 6) is -4.21. The highest BCUT2D eigenvalue weighted by atomic mass is 79.9. The van der Waals surface area contributed by atoms with E-state index in [4.69, 9.17) is 15.2 Å². The second-order valence-corrected chi connectivity index (χ2v) is 4.54. The van der Waals surface area contributed by atoms with Crippen LogP contribution in [-0.4, -0.2) is 26.6 Å². The Balaban J connectivity index is 3.32. The van der Waals surface area contributed by atoms with Crippen molar-refractivity contribution >= 4 is 15.9 Å². The molecule has 0 saturated heterocycles. The van der Waals surface area contributed by atoms with Crippen LogP contribution in [-0.2, 0) is 0 Å². The average molecular weight is 346 g/mol. The molecule has 3 nitrogen and oxygen atoms in total. The Bertz CT molecular complexity index is 457. The van der Waals surface area contributed by atoms with E-state index in [9.17, 15) is 17.6 Å². The summed E-state index contributed by atoms with van der Waals surface area (Å²) in [4.78, 5) is 0. The van der Waals surface area contributed by atoms with Crippen LogP contribution in [0.2, 0.25) is 0 Å². The number of nitrogens with two attached hydrogens (primary N) is 1. The summed E-state index contributed by atoms with van der Waals surface area (Å²) in [6.45, 7) is 0. The predicted molar refractivity (Wildman–Crippen MR) is 65.1 cm³/mol. The molecule has 0 fully saturated rings. The monoisotopic (exact) mass is 345 g/mol. The number of hydrogen-bond donors (Lipinski definition) is 1. The molecule has 0 spiro atoms. The lowest BCUT2D eigenvalue weighted by Gasteiger charge is -2.25. The molecule has 0 heterocycles. The topological polar surface area (TPSA) is 44.5 Å². The first-order chi connectivity index (χ1) is 8.75. The van der Waals surface area contributed by atoms with Crippen LogP contribution in [0.5, 0.6) is 11.5 Å². The smallest absolute Gasteiger partial charge is 0.326 e. The molecule has 0 aliphatic carbocycles. The first-order valence-corrected chi connectivity index (χ1v) is 5.88. The van der Waals surface area contributed by atoms with Gasteiger partial charge in [0, 0.05) is 5.56 Å². The molecule has 0 bridgehead atoms. The van der Waals surface area contributed by atoms with Gasteiger partial charge in [-0.1, -0.05) is 0 Å². The van der Waals surface area contributed by atoms with Crippen LogP contribution in [0.1, 0.15) is 11.6 Å². The van der Waals surface area contributed by atoms with Gasteiger partial charge in [-0.25, -0.2) is 8.78 Å². The minimum atomic E-state index is -4.37. The van der Waals surface area contributed by atoms with E-state index in [0.717, 1.165) is 6.07 Å². The van der Waals surface area contributed by atoms with Crippen molar-refractivity contribution < 1.29 is 27.0 Å². The molecular formula is C11H12BrF4NO2. The quantitative estimate of drug-likeness (QED) is 0.832. The Hall–Kier alpha value is -1.02. The molecule has 0 amide bonds. The summed E-state index contributed by atoms with van der Waals surface area (Å²) in [6, 6.07) is 0.267. The van der Waals surface area contributed by atoms with Gasteiger partial charge in [0.2, 0.25) is 0 Å². The lowest BCUT2D eigenvalue weighted by molar-refractivity contribution is -0.144. The highest BCUT2D eigenvalue weighted by molar-refractivity contribution is 9.10. The van der Waals surface area contributed by atoms with E-state index in [-0.39, 0.29) is 17.1 Å². The molecule has 1 rings (SSSR count). The lowest BCUT2D eigenvalue weighted by Crippen LogP contribution is -2.39. The molecule has 1 aromatic rings. The Kier molecular flexibility index (Phi) is 5.03. The molecule has 0 aliphatic heterocycles. The third kappa shape index (κ3) is 3.11. The van der Waals surface area contributed by atoms with Crippen molar-refractivity contribution in [1.82, 2.24) is 0 Å². The van der Waals surface area contributed by atoms with E-state index in [2.05, 4.69) is 15.9 Å². The number of halogens is 5. The van der Waals surface area contributed by atoms with Gasteiger partial charge in [-0.05, 0) is 28.1 Å². The van der Waals surface area contributed by atoms with Crippen LogP contribution < -0.4 is 15.2 Å². The standard InChI is InChI=1S/C11H12BrF4NO2/c1-18-7-4-6(12)8(19-2)3-5(7)9(17)11(15,16)10(13)14/h3-4,9-10H,17H2,1-2H3. The number of hydrogen-bond acceptors (Lipinski definition) is 3. The highest BCUT2D eigenvalue weighted by Gasteiger charge is 2.48.